The Kier molecular flexibility index (Phi) is 5.98. The predicted octanol–water partition coefficient (Wildman–Crippen LogP) is 4.05. The van der Waals surface area contributed by atoms with Crippen LogP contribution in [0.3, 0.4) is 0 Å². The zero-order chi connectivity index (χ0) is 19.4. The lowest BCUT2D eigenvalue weighted by Crippen LogP contribution is -2.12. The van der Waals surface area contributed by atoms with Gasteiger partial charge in [0.05, 0.1) is 23.0 Å². The Morgan fingerprint density at radius 3 is 2.78 bits per heavy atom. The zero-order valence-electron chi connectivity index (χ0n) is 14.3. The topological polar surface area (TPSA) is 81.4 Å². The van der Waals surface area contributed by atoms with E-state index in [-0.39, 0.29) is 17.1 Å². The number of ether oxygens (including phenoxy) is 1. The number of carbonyl (C=O) groups is 2. The van der Waals surface area contributed by atoms with Gasteiger partial charge in [0.25, 0.3) is 0 Å². The molecule has 3 aromatic rings. The van der Waals surface area contributed by atoms with E-state index in [1.165, 1.54) is 6.20 Å². The van der Waals surface area contributed by atoms with Crippen LogP contribution in [0.25, 0.3) is 5.69 Å². The van der Waals surface area contributed by atoms with Crippen LogP contribution in [0.2, 0.25) is 0 Å². The number of nitrogens with zero attached hydrogens (tertiary/aromatic N) is 2. The molecule has 27 heavy (non-hydrogen) atoms. The summed E-state index contributed by atoms with van der Waals surface area (Å²) in [6.07, 6.45) is 5.11. The lowest BCUT2D eigenvalue weighted by atomic mass is 10.1. The molecule has 138 valence electrons. The van der Waals surface area contributed by atoms with Crippen molar-refractivity contribution < 1.29 is 19.4 Å². The van der Waals surface area contributed by atoms with Crippen LogP contribution < -0.4 is 4.74 Å². The number of hydrogen-bond acceptors (Lipinski definition) is 5. The van der Waals surface area contributed by atoms with Crippen LogP contribution in [0, 0.1) is 0 Å². The molecule has 0 aliphatic carbocycles. The molecule has 0 aliphatic rings. The molecular formula is C19H15BrN2O4S. The Bertz CT molecular complexity index is 1000. The molecule has 0 amide bonds. The molecule has 6 nitrogen and oxygen atoms in total. The molecule has 2 aromatic carbocycles. The van der Waals surface area contributed by atoms with Crippen molar-refractivity contribution in [1.29, 1.82) is 0 Å². The van der Waals surface area contributed by atoms with E-state index in [9.17, 15) is 9.59 Å². The quantitative estimate of drug-likeness (QED) is 0.435. The van der Waals surface area contributed by atoms with E-state index in [2.05, 4.69) is 21.0 Å². The molecule has 1 aromatic heterocycles. The second kappa shape index (κ2) is 8.41. The Morgan fingerprint density at radius 2 is 2.04 bits per heavy atom. The summed E-state index contributed by atoms with van der Waals surface area (Å²) in [6.45, 7) is -0.526. The van der Waals surface area contributed by atoms with Gasteiger partial charge in [-0.3, -0.25) is 4.79 Å². The van der Waals surface area contributed by atoms with E-state index in [1.807, 2.05) is 30.5 Å². The van der Waals surface area contributed by atoms with Crippen molar-refractivity contribution >= 4 is 39.4 Å². The Hall–Kier alpha value is -2.58. The van der Waals surface area contributed by atoms with Gasteiger partial charge in [0.1, 0.15) is 5.75 Å². The summed E-state index contributed by atoms with van der Waals surface area (Å²) < 4.78 is 7.59. The highest BCUT2D eigenvalue weighted by Crippen LogP contribution is 2.27. The van der Waals surface area contributed by atoms with Gasteiger partial charge in [0.2, 0.25) is 0 Å². The number of hydrogen-bond donors (Lipinski definition) is 1. The highest BCUT2D eigenvalue weighted by molar-refractivity contribution is 9.10. The van der Waals surface area contributed by atoms with Gasteiger partial charge in [-0.15, -0.1) is 11.8 Å². The molecule has 0 saturated carbocycles. The number of thioether (sulfide) groups is 1. The number of aliphatic carboxylic acids is 1. The number of benzene rings is 2. The van der Waals surface area contributed by atoms with Crippen LogP contribution >= 0.6 is 27.7 Å². The normalized spacial score (nSPS) is 10.6. The number of para-hydroxylation sites is 1. The van der Waals surface area contributed by atoms with Crippen LogP contribution in [0.15, 0.2) is 64.2 Å². The minimum Gasteiger partial charge on any atom is -0.481 e. The maximum absolute atomic E-state index is 13.0. The molecule has 1 heterocycles. The molecule has 0 spiro atoms. The van der Waals surface area contributed by atoms with Crippen LogP contribution in [-0.4, -0.2) is 39.5 Å². The fraction of sp³-hybridized carbons (Fsp3) is 0.105. The lowest BCUT2D eigenvalue weighted by Gasteiger charge is -2.09. The molecule has 0 aliphatic heterocycles. The van der Waals surface area contributed by atoms with Crippen molar-refractivity contribution in [1.82, 2.24) is 9.78 Å². The molecule has 1 N–H and O–H groups in total. The van der Waals surface area contributed by atoms with E-state index < -0.39 is 12.6 Å². The largest absolute Gasteiger partial charge is 0.481 e. The first-order valence-corrected chi connectivity index (χ1v) is 9.88. The second-order valence-corrected chi connectivity index (χ2v) is 7.26. The average Bonchev–Trinajstić information content (AvgIpc) is 3.16. The maximum Gasteiger partial charge on any atom is 0.341 e. The van der Waals surface area contributed by atoms with E-state index in [0.29, 0.717) is 10.0 Å². The van der Waals surface area contributed by atoms with Gasteiger partial charge < -0.3 is 9.84 Å². The van der Waals surface area contributed by atoms with E-state index in [1.54, 1.807) is 40.8 Å². The molecule has 0 radical (unpaired) electrons. The van der Waals surface area contributed by atoms with Gasteiger partial charge in [-0.25, -0.2) is 9.48 Å². The second-order valence-electron chi connectivity index (χ2n) is 5.50. The fourth-order valence-electron chi connectivity index (χ4n) is 2.49. The van der Waals surface area contributed by atoms with E-state index in [0.717, 1.165) is 10.6 Å². The van der Waals surface area contributed by atoms with Crippen LogP contribution in [0.1, 0.15) is 15.9 Å². The highest BCUT2D eigenvalue weighted by Gasteiger charge is 2.18. The monoisotopic (exact) mass is 446 g/mol. The van der Waals surface area contributed by atoms with E-state index in [4.69, 9.17) is 9.84 Å². The molecule has 0 atom stereocenters. The molecule has 3 rings (SSSR count). The minimum atomic E-state index is -1.11. The van der Waals surface area contributed by atoms with Crippen LogP contribution in [0.4, 0.5) is 0 Å². The predicted molar refractivity (Wildman–Crippen MR) is 106 cm³/mol. The first kappa shape index (κ1) is 19.2. The molecule has 0 fully saturated rings. The van der Waals surface area contributed by atoms with Crippen LogP contribution in [-0.2, 0) is 4.79 Å². The van der Waals surface area contributed by atoms with Crippen molar-refractivity contribution in [3.8, 4) is 11.4 Å². The van der Waals surface area contributed by atoms with Gasteiger partial charge in [-0.2, -0.15) is 5.10 Å². The molecule has 8 heteroatoms. The van der Waals surface area contributed by atoms with Gasteiger partial charge >= 0.3 is 5.97 Å². The third-order valence-corrected chi connectivity index (χ3v) is 4.99. The smallest absolute Gasteiger partial charge is 0.341 e. The Balaban J connectivity index is 1.94. The molecule has 0 unspecified atom stereocenters. The first-order chi connectivity index (χ1) is 13.0. The van der Waals surface area contributed by atoms with Gasteiger partial charge in [0, 0.05) is 15.6 Å². The standard InChI is InChI=1S/C19H15BrN2O4S/c1-27-17-5-3-2-4-15(17)22-10-12(9-21-22)19(25)14-8-13(20)6-7-16(14)26-11-18(23)24/h2-10H,11H2,1H3,(H,23,24). The van der Waals surface area contributed by atoms with Crippen molar-refractivity contribution in [2.45, 2.75) is 4.90 Å². The number of halogens is 1. The highest BCUT2D eigenvalue weighted by atomic mass is 79.9. The number of aromatic nitrogens is 2. The molecule has 0 bridgehead atoms. The fourth-order valence-corrected chi connectivity index (χ4v) is 3.44. The van der Waals surface area contributed by atoms with Crippen LogP contribution in [0.5, 0.6) is 5.75 Å². The summed E-state index contributed by atoms with van der Waals surface area (Å²) in [5.41, 5.74) is 1.52. The number of carbonyl (C=O) groups excluding carboxylic acids is 1. The van der Waals surface area contributed by atoms with Crippen molar-refractivity contribution in [3.63, 3.8) is 0 Å². The summed E-state index contributed by atoms with van der Waals surface area (Å²) in [5, 5.41) is 13.1. The number of carboxylic acids is 1. The average molecular weight is 447 g/mol. The summed E-state index contributed by atoms with van der Waals surface area (Å²) in [5.74, 6) is -1.20. The lowest BCUT2D eigenvalue weighted by molar-refractivity contribution is -0.139. The number of ketones is 1. The van der Waals surface area contributed by atoms with Crippen molar-refractivity contribution in [2.75, 3.05) is 12.9 Å². The third kappa shape index (κ3) is 4.40. The SMILES string of the molecule is CSc1ccccc1-n1cc(C(=O)c2cc(Br)ccc2OCC(=O)O)cn1. The summed E-state index contributed by atoms with van der Waals surface area (Å²) in [4.78, 5) is 24.8. The maximum atomic E-state index is 13.0. The van der Waals surface area contributed by atoms with Crippen molar-refractivity contribution in [3.05, 3.63) is 70.5 Å². The summed E-state index contributed by atoms with van der Waals surface area (Å²) in [7, 11) is 0. The van der Waals surface area contributed by atoms with Gasteiger partial charge in [-0.1, -0.05) is 28.1 Å². The summed E-state index contributed by atoms with van der Waals surface area (Å²) in [6, 6.07) is 12.6. The van der Waals surface area contributed by atoms with E-state index >= 15 is 0 Å². The van der Waals surface area contributed by atoms with Gasteiger partial charge in [-0.05, 0) is 36.6 Å². The Labute approximate surface area is 168 Å². The minimum absolute atomic E-state index is 0.211. The molecule has 0 saturated heterocycles. The number of carboxylic acid groups (broad SMARTS) is 1. The van der Waals surface area contributed by atoms with Crippen molar-refractivity contribution in [2.24, 2.45) is 0 Å². The zero-order valence-corrected chi connectivity index (χ0v) is 16.7. The first-order valence-electron chi connectivity index (χ1n) is 7.86. The Morgan fingerprint density at radius 1 is 1.26 bits per heavy atom. The third-order valence-electron chi connectivity index (χ3n) is 3.71. The van der Waals surface area contributed by atoms with Gasteiger partial charge in [0.15, 0.2) is 12.4 Å². The number of rotatable bonds is 7. The summed E-state index contributed by atoms with van der Waals surface area (Å²) >= 11 is 4.92. The molecular weight excluding hydrogens is 432 g/mol.